The maximum absolute atomic E-state index is 12.5. The molecule has 0 bridgehead atoms. The molecule has 0 saturated heterocycles. The van der Waals surface area contributed by atoms with E-state index in [0.717, 1.165) is 12.1 Å². The number of phenols is 2. The lowest BCUT2D eigenvalue weighted by Crippen LogP contribution is -2.17. The van der Waals surface area contributed by atoms with Crippen LogP contribution in [0.5, 0.6) is 11.5 Å². The Morgan fingerprint density at radius 3 is 1.86 bits per heavy atom. The van der Waals surface area contributed by atoms with Gasteiger partial charge in [-0.1, -0.05) is 11.6 Å². The zero-order valence-corrected chi connectivity index (χ0v) is 23.6. The van der Waals surface area contributed by atoms with Crippen molar-refractivity contribution in [2.24, 2.45) is 10.2 Å². The van der Waals surface area contributed by atoms with E-state index in [4.69, 9.17) is 11.6 Å². The zero-order chi connectivity index (χ0) is 31.7. The Morgan fingerprint density at radius 2 is 1.26 bits per heavy atom. The number of carboxylic acid groups (broad SMARTS) is 3. The van der Waals surface area contributed by atoms with Crippen LogP contribution in [0.4, 0.5) is 11.4 Å². The molecule has 218 valence electrons. The maximum Gasteiger partial charge on any atom is 0.339 e. The van der Waals surface area contributed by atoms with Gasteiger partial charge in [0, 0.05) is 10.6 Å². The first-order chi connectivity index (χ1) is 20.2. The molecule has 0 aromatic heterocycles. The van der Waals surface area contributed by atoms with E-state index in [-0.39, 0.29) is 60.9 Å². The van der Waals surface area contributed by atoms with Crippen LogP contribution in [0.25, 0.3) is 5.57 Å². The number of nitrogens with zero attached hydrogens (tertiary/aromatic N) is 2. The smallest absolute Gasteiger partial charge is 0.339 e. The highest BCUT2D eigenvalue weighted by Crippen LogP contribution is 2.40. The third-order valence-electron chi connectivity index (χ3n) is 6.63. The molecule has 0 aliphatic heterocycles. The van der Waals surface area contributed by atoms with Gasteiger partial charge in [-0.3, -0.25) is 4.79 Å². The highest BCUT2D eigenvalue weighted by atomic mass is 35.5. The van der Waals surface area contributed by atoms with Gasteiger partial charge in [0.05, 0.1) is 11.4 Å². The van der Waals surface area contributed by atoms with Gasteiger partial charge in [-0.2, -0.15) is 10.2 Å². The summed E-state index contributed by atoms with van der Waals surface area (Å²) in [6, 6.07) is 9.78. The second kappa shape index (κ2) is 11.7. The van der Waals surface area contributed by atoms with E-state index >= 15 is 0 Å². The Kier molecular flexibility index (Phi) is 8.31. The van der Waals surface area contributed by atoms with Crippen molar-refractivity contribution < 1.29 is 44.7 Å². The maximum atomic E-state index is 12.5. The number of carboxylic acids is 3. The average Bonchev–Trinajstić information content (AvgIpc) is 2.93. The predicted octanol–water partition coefficient (Wildman–Crippen LogP) is 6.52. The van der Waals surface area contributed by atoms with Crippen molar-refractivity contribution in [3.05, 3.63) is 110 Å². The van der Waals surface area contributed by atoms with Crippen LogP contribution in [0.15, 0.2) is 81.6 Å². The van der Waals surface area contributed by atoms with Crippen molar-refractivity contribution in [1.82, 2.24) is 0 Å². The largest absolute Gasteiger partial charge is 0.507 e. The molecule has 3 aromatic carbocycles. The summed E-state index contributed by atoms with van der Waals surface area (Å²) in [5, 5.41) is 57.6. The molecular weight excluding hydrogens is 580 g/mol. The lowest BCUT2D eigenvalue weighted by molar-refractivity contribution is -0.134. The summed E-state index contributed by atoms with van der Waals surface area (Å²) in [7, 11) is 0. The number of halogens is 1. The molecule has 43 heavy (non-hydrogen) atoms. The van der Waals surface area contributed by atoms with Crippen LogP contribution >= 0.6 is 11.6 Å². The summed E-state index contributed by atoms with van der Waals surface area (Å²) in [6.07, 6.45) is 2.61. The summed E-state index contributed by atoms with van der Waals surface area (Å²) in [5.41, 5.74) is 0.675. The van der Waals surface area contributed by atoms with Gasteiger partial charge in [-0.25, -0.2) is 14.4 Å². The number of aromatic hydroxyl groups is 2. The van der Waals surface area contributed by atoms with E-state index in [1.807, 2.05) is 0 Å². The van der Waals surface area contributed by atoms with Gasteiger partial charge in [0.15, 0.2) is 5.78 Å². The summed E-state index contributed by atoms with van der Waals surface area (Å²) < 4.78 is 0. The molecule has 5 N–H and O–H groups in total. The van der Waals surface area contributed by atoms with Crippen LogP contribution in [-0.2, 0) is 9.59 Å². The number of carbonyl (C=O) groups is 4. The van der Waals surface area contributed by atoms with Crippen molar-refractivity contribution in [2.45, 2.75) is 20.8 Å². The number of ketones is 1. The molecule has 1 aliphatic rings. The van der Waals surface area contributed by atoms with Crippen LogP contribution in [0.2, 0.25) is 5.02 Å². The third-order valence-corrected chi connectivity index (χ3v) is 6.96. The number of hydrogen-bond acceptors (Lipinski definition) is 8. The van der Waals surface area contributed by atoms with Crippen molar-refractivity contribution >= 4 is 52.2 Å². The predicted molar refractivity (Wildman–Crippen MR) is 156 cm³/mol. The zero-order valence-electron chi connectivity index (χ0n) is 22.8. The number of azo groups is 1. The standard InChI is InChI=1S/C31H23ClN2O9/c1-13-6-16(9-21(26(13)35)29(38)39)25(17-7-14(2)27(36)22(10-17)30(40)41)20-11-18(4-5-24(20)32)33-34-19-8-15(3)28(37)23(12-19)31(42)43/h4-12,35,37H,1-3H3,(H,38,39)(H,40,41)(H,42,43). The number of hydrogen-bond donors (Lipinski definition) is 5. The first-order valence-corrected chi connectivity index (χ1v) is 12.9. The topological polar surface area (TPSA) is 194 Å². The molecule has 3 aromatic rings. The SMILES string of the molecule is CC1=CC(=C(c2cc(C)c(O)c(C(=O)O)c2)c2cc(N=Nc3cc(C)c(O)c(C(=O)O)c3)ccc2Cl)C=C(C(=O)O)C1=O. The lowest BCUT2D eigenvalue weighted by atomic mass is 9.85. The quantitative estimate of drug-likeness (QED) is 0.148. The minimum absolute atomic E-state index is 0.116. The minimum atomic E-state index is -1.46. The van der Waals surface area contributed by atoms with Gasteiger partial charge >= 0.3 is 17.9 Å². The molecule has 4 rings (SSSR count). The van der Waals surface area contributed by atoms with Crippen molar-refractivity contribution in [2.75, 3.05) is 0 Å². The molecule has 0 amide bonds. The first kappa shape index (κ1) is 30.4. The average molecular weight is 603 g/mol. The van der Waals surface area contributed by atoms with E-state index in [9.17, 15) is 44.7 Å². The molecule has 0 heterocycles. The normalized spacial score (nSPS) is 14.4. The van der Waals surface area contributed by atoms with Crippen LogP contribution < -0.4 is 0 Å². The summed E-state index contributed by atoms with van der Waals surface area (Å²) in [5.74, 6) is -5.76. The third kappa shape index (κ3) is 6.07. The Morgan fingerprint density at radius 1 is 0.698 bits per heavy atom. The second-order valence-corrected chi connectivity index (χ2v) is 10.1. The molecule has 0 atom stereocenters. The Balaban J connectivity index is 1.99. The number of Topliss-reactive ketones (excluding diaryl/α,β-unsaturated/α-hetero) is 1. The van der Waals surface area contributed by atoms with E-state index in [1.54, 1.807) is 0 Å². The summed E-state index contributed by atoms with van der Waals surface area (Å²) >= 11 is 6.62. The molecule has 0 radical (unpaired) electrons. The van der Waals surface area contributed by atoms with Gasteiger partial charge in [0.1, 0.15) is 28.2 Å². The molecule has 0 saturated carbocycles. The number of aromatic carboxylic acids is 2. The number of aryl methyl sites for hydroxylation is 2. The molecule has 0 unspecified atom stereocenters. The van der Waals surface area contributed by atoms with E-state index < -0.39 is 46.3 Å². The number of allylic oxidation sites excluding steroid dienone is 4. The molecule has 11 nitrogen and oxygen atoms in total. The summed E-state index contributed by atoms with van der Waals surface area (Å²) in [4.78, 5) is 47.8. The van der Waals surface area contributed by atoms with Gasteiger partial charge in [-0.05, 0) is 109 Å². The van der Waals surface area contributed by atoms with Crippen LogP contribution in [0.3, 0.4) is 0 Å². The molecule has 1 aliphatic carbocycles. The number of benzene rings is 3. The fraction of sp³-hybridized carbons (Fsp3) is 0.0968. The van der Waals surface area contributed by atoms with E-state index in [0.29, 0.717) is 0 Å². The van der Waals surface area contributed by atoms with E-state index in [1.165, 1.54) is 63.2 Å². The fourth-order valence-corrected chi connectivity index (χ4v) is 4.72. The molecule has 0 fully saturated rings. The second-order valence-electron chi connectivity index (χ2n) is 9.67. The summed E-state index contributed by atoms with van der Waals surface area (Å²) in [6.45, 7) is 4.45. The molecular formula is C31H23ClN2O9. The van der Waals surface area contributed by atoms with Crippen LogP contribution in [0.1, 0.15) is 49.9 Å². The Hall–Kier alpha value is -5.55. The number of carbonyl (C=O) groups excluding carboxylic acids is 1. The number of rotatable bonds is 7. The van der Waals surface area contributed by atoms with Crippen LogP contribution in [-0.4, -0.2) is 49.2 Å². The Labute approximate surface area is 249 Å². The van der Waals surface area contributed by atoms with Crippen molar-refractivity contribution in [3.8, 4) is 11.5 Å². The monoisotopic (exact) mass is 602 g/mol. The molecule has 12 heteroatoms. The minimum Gasteiger partial charge on any atom is -0.507 e. The van der Waals surface area contributed by atoms with Crippen molar-refractivity contribution in [1.29, 1.82) is 0 Å². The first-order valence-electron chi connectivity index (χ1n) is 12.5. The van der Waals surface area contributed by atoms with Crippen molar-refractivity contribution in [3.63, 3.8) is 0 Å². The van der Waals surface area contributed by atoms with Gasteiger partial charge in [0.25, 0.3) is 0 Å². The lowest BCUT2D eigenvalue weighted by Gasteiger charge is -2.19. The van der Waals surface area contributed by atoms with Crippen LogP contribution in [0, 0.1) is 13.8 Å². The van der Waals surface area contributed by atoms with Gasteiger partial charge < -0.3 is 25.5 Å². The number of aliphatic carboxylic acids is 1. The Bertz CT molecular complexity index is 1880. The highest BCUT2D eigenvalue weighted by Gasteiger charge is 2.26. The molecule has 0 spiro atoms. The van der Waals surface area contributed by atoms with Gasteiger partial charge in [0.2, 0.25) is 0 Å². The van der Waals surface area contributed by atoms with Gasteiger partial charge in [-0.15, -0.1) is 0 Å². The highest BCUT2D eigenvalue weighted by molar-refractivity contribution is 6.33. The van der Waals surface area contributed by atoms with E-state index in [2.05, 4.69) is 10.2 Å². The fourth-order valence-electron chi connectivity index (χ4n) is 4.51.